The molecule has 7 heteroatoms. The molecule has 106 valence electrons. The summed E-state index contributed by atoms with van der Waals surface area (Å²) in [7, 11) is 2.89. The van der Waals surface area contributed by atoms with Gasteiger partial charge >= 0.3 is 5.97 Å². The van der Waals surface area contributed by atoms with Crippen molar-refractivity contribution in [2.45, 2.75) is 6.54 Å². The van der Waals surface area contributed by atoms with E-state index in [1.807, 2.05) is 0 Å². The number of anilines is 1. The molecule has 0 atom stereocenters. The van der Waals surface area contributed by atoms with Gasteiger partial charge in [-0.25, -0.2) is 9.78 Å². The second-order valence-electron chi connectivity index (χ2n) is 3.84. The minimum absolute atomic E-state index is 0.399. The van der Waals surface area contributed by atoms with Crippen LogP contribution in [0.2, 0.25) is 4.47 Å². The van der Waals surface area contributed by atoms with E-state index < -0.39 is 5.97 Å². The van der Waals surface area contributed by atoms with Gasteiger partial charge in [0.1, 0.15) is 5.75 Å². The number of hydrogen-bond donors (Lipinski definition) is 1. The van der Waals surface area contributed by atoms with Crippen molar-refractivity contribution in [1.82, 2.24) is 4.98 Å². The Morgan fingerprint density at radius 2 is 2.25 bits per heavy atom. The van der Waals surface area contributed by atoms with Gasteiger partial charge in [-0.05, 0) is 18.2 Å². The van der Waals surface area contributed by atoms with Crippen molar-refractivity contribution < 1.29 is 14.3 Å². The topological polar surface area (TPSA) is 60.5 Å². The molecular weight excluding hydrogens is 300 g/mol. The number of ether oxygens (including phenoxy) is 2. The number of hydrogen-bond acceptors (Lipinski definition) is 6. The Hall–Kier alpha value is -1.79. The molecule has 5 nitrogen and oxygen atoms in total. The summed E-state index contributed by atoms with van der Waals surface area (Å²) >= 11 is 7.18. The summed E-state index contributed by atoms with van der Waals surface area (Å²) < 4.78 is 10.4. The highest BCUT2D eigenvalue weighted by Gasteiger charge is 2.10. The molecule has 1 N–H and O–H groups in total. The summed E-state index contributed by atoms with van der Waals surface area (Å²) in [5.41, 5.74) is 1.22. The molecule has 0 amide bonds. The number of rotatable bonds is 5. The predicted molar refractivity (Wildman–Crippen MR) is 78.8 cm³/mol. The number of carbonyl (C=O) groups excluding carboxylic acids is 1. The number of halogens is 1. The summed E-state index contributed by atoms with van der Waals surface area (Å²) in [6.07, 6.45) is 1.72. The van der Waals surface area contributed by atoms with E-state index in [4.69, 9.17) is 16.3 Å². The molecule has 0 radical (unpaired) electrons. The van der Waals surface area contributed by atoms with Crippen molar-refractivity contribution in [3.63, 3.8) is 0 Å². The average molecular weight is 313 g/mol. The smallest absolute Gasteiger partial charge is 0.337 e. The number of nitrogens with one attached hydrogen (secondary N) is 1. The zero-order valence-electron chi connectivity index (χ0n) is 11.0. The zero-order valence-corrected chi connectivity index (χ0v) is 12.5. The largest absolute Gasteiger partial charge is 0.495 e. The van der Waals surface area contributed by atoms with E-state index in [1.165, 1.54) is 18.4 Å². The first kappa shape index (κ1) is 14.6. The molecule has 0 fully saturated rings. The molecule has 2 aromatic rings. The van der Waals surface area contributed by atoms with Crippen LogP contribution in [0.5, 0.6) is 5.75 Å². The van der Waals surface area contributed by atoms with Crippen LogP contribution in [0.15, 0.2) is 24.4 Å². The summed E-state index contributed by atoms with van der Waals surface area (Å²) in [4.78, 5) is 16.4. The zero-order chi connectivity index (χ0) is 14.5. The Morgan fingerprint density at radius 3 is 2.85 bits per heavy atom. The lowest BCUT2D eigenvalue weighted by Gasteiger charge is -2.11. The molecule has 2 rings (SSSR count). The highest BCUT2D eigenvalue weighted by molar-refractivity contribution is 7.15. The van der Waals surface area contributed by atoms with Crippen LogP contribution in [0.25, 0.3) is 0 Å². The number of nitrogens with zero attached hydrogens (tertiary/aromatic N) is 1. The lowest BCUT2D eigenvalue weighted by atomic mass is 10.2. The summed E-state index contributed by atoms with van der Waals surface area (Å²) in [5, 5.41) is 3.21. The summed E-state index contributed by atoms with van der Waals surface area (Å²) in [6.45, 7) is 0.582. The third kappa shape index (κ3) is 3.40. The van der Waals surface area contributed by atoms with E-state index in [2.05, 4.69) is 15.0 Å². The Labute approximate surface area is 125 Å². The van der Waals surface area contributed by atoms with Crippen molar-refractivity contribution in [3.8, 4) is 5.75 Å². The van der Waals surface area contributed by atoms with Crippen LogP contribution in [0.4, 0.5) is 5.69 Å². The Morgan fingerprint density at radius 1 is 1.45 bits per heavy atom. The van der Waals surface area contributed by atoms with Gasteiger partial charge in [0.2, 0.25) is 0 Å². The number of methoxy groups -OCH3 is 2. The number of thiazole rings is 1. The van der Waals surface area contributed by atoms with Crippen LogP contribution in [0.1, 0.15) is 15.2 Å². The van der Waals surface area contributed by atoms with Crippen LogP contribution in [-0.4, -0.2) is 25.2 Å². The van der Waals surface area contributed by atoms with Gasteiger partial charge in [-0.15, -0.1) is 11.3 Å². The van der Waals surface area contributed by atoms with Crippen LogP contribution in [0, 0.1) is 0 Å². The van der Waals surface area contributed by atoms with E-state index in [0.717, 1.165) is 10.6 Å². The summed E-state index contributed by atoms with van der Waals surface area (Å²) in [6, 6.07) is 5.08. The normalized spacial score (nSPS) is 10.2. The van der Waals surface area contributed by atoms with E-state index in [9.17, 15) is 4.79 Å². The number of carbonyl (C=O) groups is 1. The summed E-state index contributed by atoms with van der Waals surface area (Å²) in [5.74, 6) is 0.174. The molecule has 0 spiro atoms. The van der Waals surface area contributed by atoms with Crippen molar-refractivity contribution in [2.24, 2.45) is 0 Å². The Bertz CT molecular complexity index is 615. The molecule has 0 bridgehead atoms. The van der Waals surface area contributed by atoms with Crippen molar-refractivity contribution >= 4 is 34.6 Å². The fourth-order valence-corrected chi connectivity index (χ4v) is 2.55. The fraction of sp³-hybridized carbons (Fsp3) is 0.231. The minimum atomic E-state index is -0.399. The fourth-order valence-electron chi connectivity index (χ4n) is 1.63. The Balaban J connectivity index is 2.13. The molecular formula is C13H13ClN2O3S. The molecule has 0 aliphatic rings. The molecule has 20 heavy (non-hydrogen) atoms. The molecule has 0 saturated heterocycles. The Kier molecular flexibility index (Phi) is 4.81. The number of benzene rings is 1. The average Bonchev–Trinajstić information content (AvgIpc) is 2.89. The van der Waals surface area contributed by atoms with Crippen LogP contribution in [0.3, 0.4) is 0 Å². The standard InChI is InChI=1S/C13H13ClN2O3S/c1-18-11-5-8(12(17)19-2)3-4-10(11)15-6-9-7-16-13(14)20-9/h3-5,7,15H,6H2,1-2H3. The van der Waals surface area contributed by atoms with E-state index >= 15 is 0 Å². The maximum absolute atomic E-state index is 11.5. The van der Waals surface area contributed by atoms with Gasteiger partial charge in [-0.1, -0.05) is 11.6 Å². The third-order valence-electron chi connectivity index (χ3n) is 2.60. The quantitative estimate of drug-likeness (QED) is 0.859. The molecule has 1 aromatic heterocycles. The first-order chi connectivity index (χ1) is 9.63. The van der Waals surface area contributed by atoms with Crippen LogP contribution >= 0.6 is 22.9 Å². The molecule has 0 unspecified atom stereocenters. The number of aromatic nitrogens is 1. The van der Waals surface area contributed by atoms with Gasteiger partial charge in [-0.3, -0.25) is 0 Å². The molecule has 0 saturated carbocycles. The highest BCUT2D eigenvalue weighted by Crippen LogP contribution is 2.27. The van der Waals surface area contributed by atoms with E-state index in [-0.39, 0.29) is 0 Å². The molecule has 1 aromatic carbocycles. The van der Waals surface area contributed by atoms with Gasteiger partial charge in [0.15, 0.2) is 4.47 Å². The van der Waals surface area contributed by atoms with Crippen LogP contribution in [-0.2, 0) is 11.3 Å². The predicted octanol–water partition coefficient (Wildman–Crippen LogP) is 3.20. The third-order valence-corrected chi connectivity index (χ3v) is 3.72. The maximum atomic E-state index is 11.5. The van der Waals surface area contributed by atoms with E-state index in [0.29, 0.717) is 22.3 Å². The van der Waals surface area contributed by atoms with Crippen molar-refractivity contribution in [2.75, 3.05) is 19.5 Å². The molecule has 0 aliphatic carbocycles. The molecule has 0 aliphatic heterocycles. The van der Waals surface area contributed by atoms with E-state index in [1.54, 1.807) is 31.5 Å². The van der Waals surface area contributed by atoms with Gasteiger partial charge in [0.25, 0.3) is 0 Å². The van der Waals surface area contributed by atoms with Crippen molar-refractivity contribution in [3.05, 3.63) is 39.3 Å². The minimum Gasteiger partial charge on any atom is -0.495 e. The maximum Gasteiger partial charge on any atom is 0.337 e. The first-order valence-electron chi connectivity index (χ1n) is 5.74. The second-order valence-corrected chi connectivity index (χ2v) is 5.54. The SMILES string of the molecule is COC(=O)c1ccc(NCc2cnc(Cl)s2)c(OC)c1. The monoisotopic (exact) mass is 312 g/mol. The van der Waals surface area contributed by atoms with Gasteiger partial charge in [-0.2, -0.15) is 0 Å². The lowest BCUT2D eigenvalue weighted by molar-refractivity contribution is 0.0600. The van der Waals surface area contributed by atoms with Gasteiger partial charge < -0.3 is 14.8 Å². The number of esters is 1. The first-order valence-corrected chi connectivity index (χ1v) is 6.94. The highest BCUT2D eigenvalue weighted by atomic mass is 35.5. The lowest BCUT2D eigenvalue weighted by Crippen LogP contribution is -2.04. The second kappa shape index (κ2) is 6.58. The van der Waals surface area contributed by atoms with Gasteiger partial charge in [0, 0.05) is 11.1 Å². The van der Waals surface area contributed by atoms with Crippen molar-refractivity contribution in [1.29, 1.82) is 0 Å². The van der Waals surface area contributed by atoms with Crippen LogP contribution < -0.4 is 10.1 Å². The van der Waals surface area contributed by atoms with Gasteiger partial charge in [0.05, 0.1) is 32.0 Å². The molecule has 1 heterocycles.